The van der Waals surface area contributed by atoms with Crippen LogP contribution in [-0.2, 0) is 13.0 Å². The van der Waals surface area contributed by atoms with Gasteiger partial charge in [0.15, 0.2) is 10.9 Å². The lowest BCUT2D eigenvalue weighted by atomic mass is 10.1. The Hall–Kier alpha value is -3.47. The molecule has 0 fully saturated rings. The van der Waals surface area contributed by atoms with Crippen molar-refractivity contribution in [2.45, 2.75) is 33.2 Å². The lowest BCUT2D eigenvalue weighted by Gasteiger charge is -2.01. The second-order valence-electron chi connectivity index (χ2n) is 6.98. The van der Waals surface area contributed by atoms with Crippen LogP contribution in [0.15, 0.2) is 39.9 Å². The highest BCUT2D eigenvalue weighted by atomic mass is 32.1. The van der Waals surface area contributed by atoms with Crippen LogP contribution < -0.4 is 5.69 Å². The molecular formula is C20H17F2N5O3S. The van der Waals surface area contributed by atoms with Gasteiger partial charge in [-0.15, -0.1) is 0 Å². The van der Waals surface area contributed by atoms with E-state index < -0.39 is 17.3 Å². The molecule has 0 atom stereocenters. The first-order valence-electron chi connectivity index (χ1n) is 9.33. The maximum Gasteiger partial charge on any atom is 0.352 e. The molecule has 4 aromatic rings. The number of thiazole rings is 1. The molecule has 0 aliphatic carbocycles. The molecular weight excluding hydrogens is 428 g/mol. The van der Waals surface area contributed by atoms with Gasteiger partial charge in [0, 0.05) is 25.0 Å². The molecule has 0 N–H and O–H groups in total. The van der Waals surface area contributed by atoms with E-state index in [1.807, 2.05) is 0 Å². The molecule has 4 rings (SSSR count). The quantitative estimate of drug-likeness (QED) is 0.405. The van der Waals surface area contributed by atoms with Gasteiger partial charge >= 0.3 is 5.69 Å². The van der Waals surface area contributed by atoms with Crippen LogP contribution in [0.1, 0.15) is 38.8 Å². The van der Waals surface area contributed by atoms with E-state index in [-0.39, 0.29) is 24.3 Å². The topological polar surface area (TPSA) is 95.8 Å². The molecule has 0 saturated heterocycles. The second-order valence-corrected chi connectivity index (χ2v) is 7.96. The first-order chi connectivity index (χ1) is 14.8. The molecule has 11 heteroatoms. The van der Waals surface area contributed by atoms with Crippen molar-refractivity contribution >= 4 is 17.1 Å². The average Bonchev–Trinajstić information content (AvgIpc) is 3.39. The summed E-state index contributed by atoms with van der Waals surface area (Å²) >= 11 is 1.08. The predicted molar refractivity (Wildman–Crippen MR) is 108 cm³/mol. The van der Waals surface area contributed by atoms with Gasteiger partial charge in [0.1, 0.15) is 23.7 Å². The number of aryl methyl sites for hydroxylation is 3. The summed E-state index contributed by atoms with van der Waals surface area (Å²) in [5.74, 6) is -0.905. The van der Waals surface area contributed by atoms with Gasteiger partial charge in [-0.2, -0.15) is 5.10 Å². The van der Waals surface area contributed by atoms with Crippen LogP contribution in [0.3, 0.4) is 0 Å². The van der Waals surface area contributed by atoms with Crippen LogP contribution in [0, 0.1) is 25.5 Å². The highest BCUT2D eigenvalue weighted by Gasteiger charge is 2.19. The van der Waals surface area contributed by atoms with Gasteiger partial charge in [0.05, 0.1) is 22.8 Å². The zero-order valence-corrected chi connectivity index (χ0v) is 17.4. The number of halogens is 2. The summed E-state index contributed by atoms with van der Waals surface area (Å²) in [6.07, 6.45) is 1.93. The van der Waals surface area contributed by atoms with E-state index in [1.165, 1.54) is 10.9 Å². The monoisotopic (exact) mass is 445 g/mol. The highest BCUT2D eigenvalue weighted by Crippen LogP contribution is 2.23. The number of aromatic nitrogens is 5. The van der Waals surface area contributed by atoms with E-state index in [4.69, 9.17) is 4.52 Å². The zero-order chi connectivity index (χ0) is 22.1. The summed E-state index contributed by atoms with van der Waals surface area (Å²) in [7, 11) is 0. The number of hydrogen-bond donors (Lipinski definition) is 0. The normalized spacial score (nSPS) is 11.2. The molecule has 0 unspecified atom stereocenters. The van der Waals surface area contributed by atoms with Crippen LogP contribution in [0.25, 0.3) is 5.13 Å². The zero-order valence-electron chi connectivity index (χ0n) is 16.6. The van der Waals surface area contributed by atoms with Crippen molar-refractivity contribution in [3.05, 3.63) is 80.3 Å². The maximum absolute atomic E-state index is 13.4. The van der Waals surface area contributed by atoms with Crippen molar-refractivity contribution in [1.29, 1.82) is 0 Å². The number of nitrogens with zero attached hydrogens (tertiary/aromatic N) is 5. The lowest BCUT2D eigenvalue weighted by Crippen LogP contribution is -2.24. The Bertz CT molecular complexity index is 1300. The fourth-order valence-electron chi connectivity index (χ4n) is 3.09. The lowest BCUT2D eigenvalue weighted by molar-refractivity contribution is 0.0985. The van der Waals surface area contributed by atoms with Crippen LogP contribution in [-0.4, -0.2) is 30.3 Å². The van der Waals surface area contributed by atoms with Gasteiger partial charge in [-0.1, -0.05) is 16.5 Å². The van der Waals surface area contributed by atoms with Crippen LogP contribution in [0.2, 0.25) is 0 Å². The van der Waals surface area contributed by atoms with Crippen LogP contribution in [0.4, 0.5) is 8.78 Å². The van der Waals surface area contributed by atoms with Crippen molar-refractivity contribution in [3.63, 3.8) is 0 Å². The molecule has 0 bridgehead atoms. The third-order valence-corrected chi connectivity index (χ3v) is 5.72. The Labute approximate surface area is 178 Å². The number of benzene rings is 1. The molecule has 0 saturated carbocycles. The minimum absolute atomic E-state index is 0.103. The fraction of sp³-hybridized carbons (Fsp3) is 0.250. The number of carbonyl (C=O) groups is 1. The Balaban J connectivity index is 1.52. The van der Waals surface area contributed by atoms with E-state index in [0.29, 0.717) is 33.6 Å². The summed E-state index contributed by atoms with van der Waals surface area (Å²) < 4.78 is 34.1. The van der Waals surface area contributed by atoms with Gasteiger partial charge in [-0.3, -0.25) is 4.79 Å². The third-order valence-electron chi connectivity index (χ3n) is 4.52. The molecule has 160 valence electrons. The van der Waals surface area contributed by atoms with Crippen molar-refractivity contribution in [3.8, 4) is 5.13 Å². The first-order valence-corrected chi connectivity index (χ1v) is 10.1. The number of Topliss-reactive ketones (excluding diaryl/α,β-unsaturated/α-hetero) is 1. The standard InChI is InChI=1S/C20H17F2N5O3S/c1-11-5-16(25-30-11)3-4-17(28)18-12(2)24-19(31-18)26-10-23-27(20(26)29)9-13-6-14(21)8-15(22)7-13/h5-8,10H,3-4,9H2,1-2H3. The van der Waals surface area contributed by atoms with E-state index in [0.717, 1.165) is 34.2 Å². The average molecular weight is 445 g/mol. The summed E-state index contributed by atoms with van der Waals surface area (Å²) in [5, 5.41) is 8.16. The highest BCUT2D eigenvalue weighted by molar-refractivity contribution is 7.16. The SMILES string of the molecule is Cc1cc(CCC(=O)c2sc(-n3cnn(Cc4cc(F)cc(F)c4)c3=O)nc2C)no1. The van der Waals surface area contributed by atoms with Crippen LogP contribution in [0.5, 0.6) is 0 Å². The fourth-order valence-corrected chi connectivity index (χ4v) is 4.08. The number of carbonyl (C=O) groups excluding carboxylic acids is 1. The molecule has 0 aliphatic rings. The second kappa shape index (κ2) is 8.34. The molecule has 0 spiro atoms. The minimum Gasteiger partial charge on any atom is -0.361 e. The van der Waals surface area contributed by atoms with Crippen molar-refractivity contribution in [1.82, 2.24) is 24.5 Å². The van der Waals surface area contributed by atoms with Crippen molar-refractivity contribution < 1.29 is 18.1 Å². The molecule has 8 nitrogen and oxygen atoms in total. The summed E-state index contributed by atoms with van der Waals surface area (Å²) in [6, 6.07) is 4.80. The van der Waals surface area contributed by atoms with Crippen LogP contribution >= 0.6 is 11.3 Å². The number of ketones is 1. The van der Waals surface area contributed by atoms with Gasteiger partial charge in [-0.05, 0) is 31.5 Å². The summed E-state index contributed by atoms with van der Waals surface area (Å²) in [5.41, 5.74) is 0.933. The van der Waals surface area contributed by atoms with E-state index in [1.54, 1.807) is 19.9 Å². The first kappa shape index (κ1) is 20.8. The predicted octanol–water partition coefficient (Wildman–Crippen LogP) is 3.24. The Morgan fingerprint density at radius 2 is 1.90 bits per heavy atom. The Kier molecular flexibility index (Phi) is 5.59. The molecule has 31 heavy (non-hydrogen) atoms. The number of rotatable bonds is 7. The van der Waals surface area contributed by atoms with Crippen molar-refractivity contribution in [2.24, 2.45) is 0 Å². The van der Waals surface area contributed by atoms with E-state index >= 15 is 0 Å². The molecule has 3 aromatic heterocycles. The van der Waals surface area contributed by atoms with Crippen molar-refractivity contribution in [2.75, 3.05) is 0 Å². The van der Waals surface area contributed by atoms with E-state index in [9.17, 15) is 18.4 Å². The third kappa shape index (κ3) is 4.50. The van der Waals surface area contributed by atoms with Gasteiger partial charge in [0.2, 0.25) is 0 Å². The minimum atomic E-state index is -0.734. The largest absolute Gasteiger partial charge is 0.361 e. The smallest absolute Gasteiger partial charge is 0.352 e. The van der Waals surface area contributed by atoms with Gasteiger partial charge in [0.25, 0.3) is 0 Å². The molecule has 0 amide bonds. The summed E-state index contributed by atoms with van der Waals surface area (Å²) in [4.78, 5) is 30.1. The molecule has 0 aliphatic heterocycles. The molecule has 1 aromatic carbocycles. The Morgan fingerprint density at radius 1 is 1.16 bits per heavy atom. The van der Waals surface area contributed by atoms with Gasteiger partial charge < -0.3 is 4.52 Å². The maximum atomic E-state index is 13.4. The Morgan fingerprint density at radius 3 is 2.58 bits per heavy atom. The molecule has 0 radical (unpaired) electrons. The number of hydrogen-bond acceptors (Lipinski definition) is 7. The van der Waals surface area contributed by atoms with Gasteiger partial charge in [-0.25, -0.2) is 27.8 Å². The van der Waals surface area contributed by atoms with E-state index in [2.05, 4.69) is 15.2 Å². The molecule has 3 heterocycles. The summed E-state index contributed by atoms with van der Waals surface area (Å²) in [6.45, 7) is 3.37.